The van der Waals surface area contributed by atoms with Gasteiger partial charge in [0.05, 0.1) is 0 Å². The zero-order chi connectivity index (χ0) is 8.15. The summed E-state index contributed by atoms with van der Waals surface area (Å²) in [5.41, 5.74) is 2.53. The Morgan fingerprint density at radius 3 is 2.50 bits per heavy atom. The molecule has 0 aliphatic carbocycles. The molecule has 0 heterocycles. The first-order valence-corrected chi connectivity index (χ1v) is 4.30. The fourth-order valence-corrected chi connectivity index (χ4v) is 0.784. The van der Waals surface area contributed by atoms with Gasteiger partial charge in [0.2, 0.25) is 5.91 Å². The van der Waals surface area contributed by atoms with Crippen LogP contribution in [0.1, 0.15) is 6.92 Å². The molecule has 0 saturated heterocycles. The predicted molar refractivity (Wildman–Crippen MR) is 47.7 cm³/mol. The van der Waals surface area contributed by atoms with E-state index in [1.54, 1.807) is 7.05 Å². The van der Waals surface area contributed by atoms with Crippen LogP contribution in [0.25, 0.3) is 0 Å². The van der Waals surface area contributed by atoms with E-state index in [-0.39, 0.29) is 5.91 Å². The number of hydrazine groups is 1. The third kappa shape index (κ3) is 3.68. The summed E-state index contributed by atoms with van der Waals surface area (Å²) in [6, 6.07) is 0. The highest BCUT2D eigenvalue weighted by molar-refractivity contribution is 8.22. The summed E-state index contributed by atoms with van der Waals surface area (Å²) in [6.45, 7) is 1.44. The number of thiocarbonyl (C=S) groups is 1. The molecule has 0 aromatic carbocycles. The fraction of sp³-hybridized carbons (Fsp3) is 0.600. The number of hydrogen-bond donors (Lipinski definition) is 1. The molecule has 0 aromatic heterocycles. The maximum atomic E-state index is 10.5. The SMILES string of the molecule is CSC(=S)N(C)NC(C)=O. The van der Waals surface area contributed by atoms with E-state index in [0.717, 1.165) is 0 Å². The number of carbonyl (C=O) groups excluding carboxylic acids is 1. The first-order chi connectivity index (χ1) is 4.57. The van der Waals surface area contributed by atoms with Crippen molar-refractivity contribution in [3.8, 4) is 0 Å². The van der Waals surface area contributed by atoms with Crippen LogP contribution in [-0.4, -0.2) is 28.5 Å². The molecule has 0 atom stereocenters. The summed E-state index contributed by atoms with van der Waals surface area (Å²) in [7, 11) is 1.71. The number of rotatable bonds is 0. The van der Waals surface area contributed by atoms with Gasteiger partial charge in [-0.15, -0.1) is 0 Å². The highest BCUT2D eigenvalue weighted by Crippen LogP contribution is 1.99. The lowest BCUT2D eigenvalue weighted by Crippen LogP contribution is -2.39. The van der Waals surface area contributed by atoms with Crippen molar-refractivity contribution in [2.24, 2.45) is 0 Å². The van der Waals surface area contributed by atoms with E-state index in [2.05, 4.69) is 5.43 Å². The maximum absolute atomic E-state index is 10.5. The number of thioether (sulfide) groups is 1. The minimum atomic E-state index is -0.112. The molecule has 0 radical (unpaired) electrons. The molecule has 3 nitrogen and oxygen atoms in total. The molecule has 58 valence electrons. The monoisotopic (exact) mass is 178 g/mol. The van der Waals surface area contributed by atoms with Gasteiger partial charge in [-0.3, -0.25) is 15.2 Å². The predicted octanol–water partition coefficient (Wildman–Crippen LogP) is 0.617. The van der Waals surface area contributed by atoms with E-state index in [1.165, 1.54) is 23.7 Å². The minimum absolute atomic E-state index is 0.112. The number of nitrogens with zero attached hydrogens (tertiary/aromatic N) is 1. The Bertz CT molecular complexity index is 149. The lowest BCUT2D eigenvalue weighted by molar-refractivity contribution is -0.121. The summed E-state index contributed by atoms with van der Waals surface area (Å²) in [6.07, 6.45) is 1.86. The molecule has 0 bridgehead atoms. The van der Waals surface area contributed by atoms with Gasteiger partial charge in [0.25, 0.3) is 0 Å². The van der Waals surface area contributed by atoms with Crippen molar-refractivity contribution in [2.45, 2.75) is 6.92 Å². The molecule has 5 heteroatoms. The molecule has 0 saturated carbocycles. The fourth-order valence-electron chi connectivity index (χ4n) is 0.419. The molecule has 0 unspecified atom stereocenters. The second-order valence-electron chi connectivity index (χ2n) is 1.70. The largest absolute Gasteiger partial charge is 0.274 e. The van der Waals surface area contributed by atoms with Crippen molar-refractivity contribution in [3.05, 3.63) is 0 Å². The molecule has 1 amide bonds. The standard InChI is InChI=1S/C5H10N2OS2/c1-4(8)6-7(2)5(9)10-3/h1-3H3,(H,6,8). The molecule has 0 spiro atoms. The zero-order valence-corrected chi connectivity index (χ0v) is 7.80. The lowest BCUT2D eigenvalue weighted by Gasteiger charge is -2.17. The first-order valence-electron chi connectivity index (χ1n) is 2.67. The molecule has 0 rings (SSSR count). The normalized spacial score (nSPS) is 8.70. The number of amides is 1. The summed E-state index contributed by atoms with van der Waals surface area (Å²) >= 11 is 6.29. The van der Waals surface area contributed by atoms with Crippen LogP contribution in [0.5, 0.6) is 0 Å². The first kappa shape index (κ1) is 9.71. The van der Waals surface area contributed by atoms with Crippen molar-refractivity contribution in [1.29, 1.82) is 0 Å². The van der Waals surface area contributed by atoms with Gasteiger partial charge in [0, 0.05) is 14.0 Å². The van der Waals surface area contributed by atoms with E-state index < -0.39 is 0 Å². The van der Waals surface area contributed by atoms with Crippen molar-refractivity contribution in [2.75, 3.05) is 13.3 Å². The Labute approximate surface area is 70.1 Å². The van der Waals surface area contributed by atoms with Crippen molar-refractivity contribution >= 4 is 34.2 Å². The van der Waals surface area contributed by atoms with Crippen LogP contribution in [-0.2, 0) is 4.79 Å². The van der Waals surface area contributed by atoms with E-state index in [0.29, 0.717) is 4.32 Å². The summed E-state index contributed by atoms with van der Waals surface area (Å²) < 4.78 is 0.648. The third-order valence-corrected chi connectivity index (χ3v) is 2.17. The van der Waals surface area contributed by atoms with Gasteiger partial charge in [-0.2, -0.15) is 0 Å². The van der Waals surface area contributed by atoms with Gasteiger partial charge in [-0.25, -0.2) is 0 Å². The van der Waals surface area contributed by atoms with E-state index >= 15 is 0 Å². The van der Waals surface area contributed by atoms with Crippen LogP contribution in [0.2, 0.25) is 0 Å². The van der Waals surface area contributed by atoms with Crippen LogP contribution in [0.4, 0.5) is 0 Å². The quantitative estimate of drug-likeness (QED) is 0.435. The summed E-state index contributed by atoms with van der Waals surface area (Å²) in [4.78, 5) is 10.5. The number of nitrogens with one attached hydrogen (secondary N) is 1. The highest BCUT2D eigenvalue weighted by Gasteiger charge is 2.01. The number of carbonyl (C=O) groups is 1. The Kier molecular flexibility index (Phi) is 4.38. The molecule has 0 fully saturated rings. The van der Waals surface area contributed by atoms with Gasteiger partial charge >= 0.3 is 0 Å². The smallest absolute Gasteiger partial charge is 0.235 e. The van der Waals surface area contributed by atoms with Gasteiger partial charge in [-0.05, 0) is 6.26 Å². The second kappa shape index (κ2) is 4.51. The van der Waals surface area contributed by atoms with Crippen LogP contribution < -0.4 is 5.43 Å². The van der Waals surface area contributed by atoms with E-state index in [4.69, 9.17) is 12.2 Å². The van der Waals surface area contributed by atoms with Gasteiger partial charge in [0.1, 0.15) is 0 Å². The molecular formula is C5H10N2OS2. The summed E-state index contributed by atoms with van der Waals surface area (Å²) in [5, 5.41) is 1.52. The Morgan fingerprint density at radius 2 is 2.20 bits per heavy atom. The van der Waals surface area contributed by atoms with Crippen molar-refractivity contribution < 1.29 is 4.79 Å². The van der Waals surface area contributed by atoms with Gasteiger partial charge < -0.3 is 0 Å². The van der Waals surface area contributed by atoms with Crippen molar-refractivity contribution in [3.63, 3.8) is 0 Å². The Morgan fingerprint density at radius 1 is 1.70 bits per heavy atom. The number of hydrogen-bond acceptors (Lipinski definition) is 3. The van der Waals surface area contributed by atoms with Crippen LogP contribution >= 0.6 is 24.0 Å². The van der Waals surface area contributed by atoms with Crippen LogP contribution in [0.15, 0.2) is 0 Å². The van der Waals surface area contributed by atoms with Crippen LogP contribution in [0, 0.1) is 0 Å². The van der Waals surface area contributed by atoms with Gasteiger partial charge in [-0.1, -0.05) is 24.0 Å². The zero-order valence-electron chi connectivity index (χ0n) is 6.17. The average Bonchev–Trinajstić information content (AvgIpc) is 1.85. The van der Waals surface area contributed by atoms with Gasteiger partial charge in [0.15, 0.2) is 4.32 Å². The Hall–Kier alpha value is -0.290. The topological polar surface area (TPSA) is 32.3 Å². The molecule has 0 aliphatic heterocycles. The van der Waals surface area contributed by atoms with Crippen LogP contribution in [0.3, 0.4) is 0 Å². The second-order valence-corrected chi connectivity index (χ2v) is 3.14. The summed E-state index contributed by atoms with van der Waals surface area (Å²) in [5.74, 6) is -0.112. The highest BCUT2D eigenvalue weighted by atomic mass is 32.2. The molecular weight excluding hydrogens is 168 g/mol. The van der Waals surface area contributed by atoms with E-state index in [1.807, 2.05) is 6.26 Å². The maximum Gasteiger partial charge on any atom is 0.235 e. The minimum Gasteiger partial charge on any atom is -0.274 e. The molecule has 0 aromatic rings. The third-order valence-electron chi connectivity index (χ3n) is 0.774. The average molecular weight is 178 g/mol. The Balaban J connectivity index is 3.72. The molecule has 10 heavy (non-hydrogen) atoms. The lowest BCUT2D eigenvalue weighted by atomic mass is 10.7. The van der Waals surface area contributed by atoms with Crippen molar-refractivity contribution in [1.82, 2.24) is 10.4 Å². The van der Waals surface area contributed by atoms with E-state index in [9.17, 15) is 4.79 Å². The molecule has 0 aliphatic rings. The molecule has 1 N–H and O–H groups in total.